The maximum Gasteiger partial charge on any atom is 0.159 e. The maximum absolute atomic E-state index is 13.8. The second-order valence-electron chi connectivity index (χ2n) is 7.73. The molecule has 32 heavy (non-hydrogen) atoms. The van der Waals surface area contributed by atoms with Gasteiger partial charge in [-0.3, -0.25) is 10.1 Å². The van der Waals surface area contributed by atoms with Crippen LogP contribution in [0, 0.1) is 12.7 Å². The van der Waals surface area contributed by atoms with Crippen LogP contribution in [-0.4, -0.2) is 34.7 Å². The van der Waals surface area contributed by atoms with E-state index in [1.54, 1.807) is 12.3 Å². The molecule has 0 aliphatic heterocycles. The fraction of sp³-hybridized carbons (Fsp3) is 0.0833. The molecule has 4 aromatic heterocycles. The summed E-state index contributed by atoms with van der Waals surface area (Å²) in [5.74, 6) is 1.26. The lowest BCUT2D eigenvalue weighted by molar-refractivity contribution is 0.628. The predicted molar refractivity (Wildman–Crippen MR) is 121 cm³/mol. The Balaban J connectivity index is 1.52. The number of halogens is 1. The molecular formula is C24H18FN7. The highest BCUT2D eigenvalue weighted by Gasteiger charge is 2.17. The number of nitrogens with one attached hydrogen (secondary N) is 2. The first-order valence-electron chi connectivity index (χ1n) is 10.2. The summed E-state index contributed by atoms with van der Waals surface area (Å²) in [5.41, 5.74) is 6.46. The Morgan fingerprint density at radius 1 is 0.938 bits per heavy atom. The van der Waals surface area contributed by atoms with Gasteiger partial charge in [0.1, 0.15) is 22.9 Å². The van der Waals surface area contributed by atoms with E-state index in [-0.39, 0.29) is 5.82 Å². The first-order valence-corrected chi connectivity index (χ1v) is 10.2. The Morgan fingerprint density at radius 2 is 1.84 bits per heavy atom. The fourth-order valence-electron chi connectivity index (χ4n) is 4.02. The molecule has 0 unspecified atom stereocenters. The van der Waals surface area contributed by atoms with Gasteiger partial charge in [0.05, 0.1) is 28.6 Å². The number of rotatable bonds is 3. The van der Waals surface area contributed by atoms with Crippen molar-refractivity contribution in [1.29, 1.82) is 0 Å². The third-order valence-corrected chi connectivity index (χ3v) is 5.80. The number of aromatic amines is 2. The highest BCUT2D eigenvalue weighted by atomic mass is 19.1. The summed E-state index contributed by atoms with van der Waals surface area (Å²) < 4.78 is 15.8. The van der Waals surface area contributed by atoms with Crippen molar-refractivity contribution >= 4 is 21.9 Å². The van der Waals surface area contributed by atoms with Gasteiger partial charge in [0.2, 0.25) is 0 Å². The first-order chi connectivity index (χ1) is 15.6. The van der Waals surface area contributed by atoms with E-state index in [1.807, 2.05) is 44.4 Å². The molecule has 4 heterocycles. The second-order valence-corrected chi connectivity index (χ2v) is 7.73. The Hall–Kier alpha value is -4.33. The molecule has 2 aromatic carbocycles. The molecule has 0 spiro atoms. The Labute approximate surface area is 182 Å². The van der Waals surface area contributed by atoms with Gasteiger partial charge >= 0.3 is 0 Å². The van der Waals surface area contributed by atoms with Gasteiger partial charge in [-0.15, -0.1) is 0 Å². The number of benzene rings is 2. The molecule has 6 aromatic rings. The number of aromatic nitrogens is 7. The number of H-pyrrole nitrogens is 2. The van der Waals surface area contributed by atoms with E-state index in [0.717, 1.165) is 33.5 Å². The van der Waals surface area contributed by atoms with Crippen LogP contribution in [0.5, 0.6) is 0 Å². The van der Waals surface area contributed by atoms with E-state index in [0.29, 0.717) is 28.3 Å². The van der Waals surface area contributed by atoms with Crippen molar-refractivity contribution in [2.24, 2.45) is 7.05 Å². The molecule has 6 rings (SSSR count). The monoisotopic (exact) mass is 423 g/mol. The summed E-state index contributed by atoms with van der Waals surface area (Å²) in [6.07, 6.45) is 3.56. The zero-order valence-corrected chi connectivity index (χ0v) is 17.4. The highest BCUT2D eigenvalue weighted by molar-refractivity contribution is 5.97. The average Bonchev–Trinajstić information content (AvgIpc) is 3.50. The van der Waals surface area contributed by atoms with Crippen LogP contribution >= 0.6 is 0 Å². The van der Waals surface area contributed by atoms with Crippen LogP contribution in [0.1, 0.15) is 5.82 Å². The van der Waals surface area contributed by atoms with Gasteiger partial charge in [0.25, 0.3) is 0 Å². The molecule has 0 atom stereocenters. The van der Waals surface area contributed by atoms with Crippen LogP contribution in [0.15, 0.2) is 60.9 Å². The smallest absolute Gasteiger partial charge is 0.159 e. The number of aryl methyl sites for hydroxylation is 1. The molecule has 8 heteroatoms. The topological polar surface area (TPSA) is 88.1 Å². The van der Waals surface area contributed by atoms with Gasteiger partial charge in [-0.05, 0) is 37.3 Å². The van der Waals surface area contributed by atoms with Crippen LogP contribution in [0.25, 0.3) is 56.0 Å². The summed E-state index contributed by atoms with van der Waals surface area (Å²) in [6, 6.07) is 14.4. The van der Waals surface area contributed by atoms with Crippen LogP contribution in [0.4, 0.5) is 4.39 Å². The molecule has 0 aliphatic carbocycles. The average molecular weight is 423 g/mol. The number of fused-ring (bicyclic) bond motifs is 2. The lowest BCUT2D eigenvalue weighted by Crippen LogP contribution is -1.94. The SMILES string of the molecule is Cc1ncc(-c2ccc3[nH]nc(-c4nc5c(-c6cccc(F)c6)nccc5[nH]4)c3c2)n1C. The summed E-state index contributed by atoms with van der Waals surface area (Å²) >= 11 is 0. The van der Waals surface area contributed by atoms with Crippen molar-refractivity contribution in [3.8, 4) is 34.0 Å². The summed E-state index contributed by atoms with van der Waals surface area (Å²) in [4.78, 5) is 17.0. The third-order valence-electron chi connectivity index (χ3n) is 5.80. The molecule has 0 saturated heterocycles. The van der Waals surface area contributed by atoms with E-state index in [9.17, 15) is 4.39 Å². The van der Waals surface area contributed by atoms with Gasteiger partial charge in [-0.1, -0.05) is 18.2 Å². The molecule has 0 radical (unpaired) electrons. The van der Waals surface area contributed by atoms with Crippen molar-refractivity contribution in [3.63, 3.8) is 0 Å². The van der Waals surface area contributed by atoms with Crippen molar-refractivity contribution in [3.05, 3.63) is 72.6 Å². The number of imidazole rings is 2. The maximum atomic E-state index is 13.8. The first kappa shape index (κ1) is 18.4. The molecule has 0 aliphatic rings. The zero-order chi connectivity index (χ0) is 21.8. The second kappa shape index (κ2) is 6.84. The molecule has 0 fully saturated rings. The predicted octanol–water partition coefficient (Wildman–Crippen LogP) is 5.02. The van der Waals surface area contributed by atoms with Gasteiger partial charge in [-0.2, -0.15) is 5.10 Å². The van der Waals surface area contributed by atoms with E-state index in [1.165, 1.54) is 12.1 Å². The van der Waals surface area contributed by atoms with Gasteiger partial charge < -0.3 is 9.55 Å². The van der Waals surface area contributed by atoms with Crippen molar-refractivity contribution < 1.29 is 4.39 Å². The normalized spacial score (nSPS) is 11.6. The van der Waals surface area contributed by atoms with Crippen LogP contribution in [0.3, 0.4) is 0 Å². The Morgan fingerprint density at radius 3 is 2.66 bits per heavy atom. The minimum atomic E-state index is -0.312. The molecule has 0 bridgehead atoms. The fourth-order valence-corrected chi connectivity index (χ4v) is 4.02. The number of nitrogens with zero attached hydrogens (tertiary/aromatic N) is 5. The lowest BCUT2D eigenvalue weighted by Gasteiger charge is -2.04. The third kappa shape index (κ3) is 2.80. The van der Waals surface area contributed by atoms with Gasteiger partial charge in [-0.25, -0.2) is 14.4 Å². The summed E-state index contributed by atoms with van der Waals surface area (Å²) in [6.45, 7) is 1.98. The minimum absolute atomic E-state index is 0.312. The summed E-state index contributed by atoms with van der Waals surface area (Å²) in [5, 5.41) is 8.55. The van der Waals surface area contributed by atoms with Crippen molar-refractivity contribution in [2.75, 3.05) is 0 Å². The minimum Gasteiger partial charge on any atom is -0.336 e. The van der Waals surface area contributed by atoms with E-state index < -0.39 is 0 Å². The standard InChI is InChI=1S/C24H18FN7/c1-13-27-12-20(32(13)2)14-6-7-18-17(11-14)22(31-30-18)24-28-19-8-9-26-21(23(19)29-24)15-4-3-5-16(25)10-15/h3-12H,1-2H3,(H,28,29)(H,30,31). The van der Waals surface area contributed by atoms with E-state index in [2.05, 4.69) is 35.8 Å². The molecular weight excluding hydrogens is 405 g/mol. The van der Waals surface area contributed by atoms with Crippen LogP contribution in [0.2, 0.25) is 0 Å². The van der Waals surface area contributed by atoms with Crippen LogP contribution < -0.4 is 0 Å². The molecule has 156 valence electrons. The molecule has 2 N–H and O–H groups in total. The number of hydrogen-bond donors (Lipinski definition) is 2. The Kier molecular flexibility index (Phi) is 3.94. The number of pyridine rings is 1. The van der Waals surface area contributed by atoms with Crippen molar-refractivity contribution in [1.82, 2.24) is 34.7 Å². The molecule has 0 amide bonds. The molecule has 0 saturated carbocycles. The van der Waals surface area contributed by atoms with Crippen LogP contribution in [-0.2, 0) is 7.05 Å². The zero-order valence-electron chi connectivity index (χ0n) is 17.4. The van der Waals surface area contributed by atoms with E-state index in [4.69, 9.17) is 4.98 Å². The van der Waals surface area contributed by atoms with Gasteiger partial charge in [0, 0.05) is 29.8 Å². The Bertz CT molecular complexity index is 1620. The summed E-state index contributed by atoms with van der Waals surface area (Å²) in [7, 11) is 2.00. The van der Waals surface area contributed by atoms with Crippen molar-refractivity contribution in [2.45, 2.75) is 6.92 Å². The number of hydrogen-bond acceptors (Lipinski definition) is 4. The van der Waals surface area contributed by atoms with E-state index >= 15 is 0 Å². The lowest BCUT2D eigenvalue weighted by atomic mass is 10.1. The highest BCUT2D eigenvalue weighted by Crippen LogP contribution is 2.32. The largest absolute Gasteiger partial charge is 0.336 e. The quantitative estimate of drug-likeness (QED) is 0.419. The molecule has 7 nitrogen and oxygen atoms in total. The van der Waals surface area contributed by atoms with Gasteiger partial charge in [0.15, 0.2) is 5.82 Å².